The second-order valence-electron chi connectivity index (χ2n) is 17.6. The summed E-state index contributed by atoms with van der Waals surface area (Å²) in [6, 6.07) is 73.4. The van der Waals surface area contributed by atoms with Gasteiger partial charge in [0.05, 0.1) is 22.5 Å². The zero-order chi connectivity index (χ0) is 41.9. The van der Waals surface area contributed by atoms with Crippen LogP contribution in [0.3, 0.4) is 0 Å². The Bertz CT molecular complexity index is 3650. The summed E-state index contributed by atoms with van der Waals surface area (Å²) >= 11 is 1.93. The van der Waals surface area contributed by atoms with Gasteiger partial charge in [-0.05, 0) is 83.7 Å². The molecule has 2 heterocycles. The average Bonchev–Trinajstić information content (AvgIpc) is 4.03. The Kier molecular flexibility index (Phi) is 7.73. The summed E-state index contributed by atoms with van der Waals surface area (Å²) in [5.74, 6) is 1.27. The maximum absolute atomic E-state index is 5.15. The minimum Gasteiger partial charge on any atom is -0.368 e. The maximum Gasteiger partial charge on any atom is 0.160 e. The molecular formula is C60H39N3S. The SMILES string of the molecule is C1=c2ccccc2=CC2C1c1ccccc1C21c2ccccc2-c2ccc(C3Nc4c(ccc5ccc6cc(-c7nc(-c8ccccc8)cc(-c8ccccc8)n7)ccc6c45)S3)cc21. The Labute approximate surface area is 375 Å². The molecule has 4 heteroatoms. The Hall–Kier alpha value is -7.53. The van der Waals surface area contributed by atoms with Crippen LogP contribution in [-0.2, 0) is 5.41 Å². The molecule has 0 radical (unpaired) electrons. The minimum atomic E-state index is -0.295. The molecule has 0 amide bonds. The second kappa shape index (κ2) is 13.7. The molecule has 10 aromatic rings. The second-order valence-corrected chi connectivity index (χ2v) is 18.8. The van der Waals surface area contributed by atoms with Gasteiger partial charge in [-0.1, -0.05) is 206 Å². The number of anilines is 1. The number of thioether (sulfide) groups is 1. The van der Waals surface area contributed by atoms with E-state index in [0.717, 1.165) is 39.3 Å². The van der Waals surface area contributed by atoms with Crippen molar-refractivity contribution >= 4 is 51.1 Å². The molecule has 3 aliphatic carbocycles. The molecule has 4 aliphatic rings. The first-order valence-corrected chi connectivity index (χ1v) is 23.1. The van der Waals surface area contributed by atoms with E-state index in [-0.39, 0.29) is 16.7 Å². The van der Waals surface area contributed by atoms with Crippen LogP contribution in [0.2, 0.25) is 0 Å². The highest BCUT2D eigenvalue weighted by atomic mass is 32.2. The van der Waals surface area contributed by atoms with Crippen molar-refractivity contribution in [2.45, 2.75) is 21.6 Å². The first-order valence-electron chi connectivity index (χ1n) is 22.2. The van der Waals surface area contributed by atoms with Crippen molar-refractivity contribution in [1.82, 2.24) is 9.97 Å². The molecule has 1 aliphatic heterocycles. The number of nitrogens with zero attached hydrogens (tertiary/aromatic N) is 2. The van der Waals surface area contributed by atoms with Crippen molar-refractivity contribution in [3.63, 3.8) is 0 Å². The minimum absolute atomic E-state index is 0.0572. The van der Waals surface area contributed by atoms with Gasteiger partial charge in [-0.15, -0.1) is 0 Å². The third-order valence-corrected chi connectivity index (χ3v) is 15.6. The lowest BCUT2D eigenvalue weighted by Gasteiger charge is -2.36. The first kappa shape index (κ1) is 36.0. The number of fused-ring (bicyclic) bond motifs is 16. The third kappa shape index (κ3) is 5.18. The van der Waals surface area contributed by atoms with Gasteiger partial charge in [-0.2, -0.15) is 0 Å². The van der Waals surface area contributed by atoms with E-state index in [0.29, 0.717) is 5.92 Å². The van der Waals surface area contributed by atoms with Gasteiger partial charge in [-0.3, -0.25) is 0 Å². The molecule has 9 aromatic carbocycles. The molecule has 14 rings (SSSR count). The fourth-order valence-electron chi connectivity index (χ4n) is 11.6. The predicted molar refractivity (Wildman–Crippen MR) is 265 cm³/mol. The monoisotopic (exact) mass is 833 g/mol. The van der Waals surface area contributed by atoms with Crippen molar-refractivity contribution in [2.75, 3.05) is 5.32 Å². The topological polar surface area (TPSA) is 37.8 Å². The smallest absolute Gasteiger partial charge is 0.160 e. The summed E-state index contributed by atoms with van der Waals surface area (Å²) in [6.07, 6.45) is 5.13. The van der Waals surface area contributed by atoms with Gasteiger partial charge >= 0.3 is 0 Å². The molecule has 0 saturated carbocycles. The number of nitrogens with one attached hydrogen (secondary N) is 1. The quantitative estimate of drug-likeness (QED) is 0.179. The van der Waals surface area contributed by atoms with E-state index in [1.165, 1.54) is 76.1 Å². The molecule has 4 unspecified atom stereocenters. The molecule has 1 aromatic heterocycles. The summed E-state index contributed by atoms with van der Waals surface area (Å²) in [5, 5.41) is 11.7. The van der Waals surface area contributed by atoms with Gasteiger partial charge in [0.2, 0.25) is 0 Å². The fourth-order valence-corrected chi connectivity index (χ4v) is 12.7. The van der Waals surface area contributed by atoms with Crippen LogP contribution in [0.1, 0.15) is 39.1 Å². The summed E-state index contributed by atoms with van der Waals surface area (Å²) in [6.45, 7) is 0. The number of benzene rings is 9. The van der Waals surface area contributed by atoms with Crippen LogP contribution in [-0.4, -0.2) is 9.97 Å². The highest BCUT2D eigenvalue weighted by molar-refractivity contribution is 8.00. The van der Waals surface area contributed by atoms with Gasteiger partial charge < -0.3 is 5.32 Å². The highest BCUT2D eigenvalue weighted by Crippen LogP contribution is 2.65. The molecule has 1 spiro atoms. The van der Waals surface area contributed by atoms with Crippen LogP contribution < -0.4 is 15.8 Å². The van der Waals surface area contributed by atoms with Gasteiger partial charge in [0.1, 0.15) is 5.37 Å². The average molecular weight is 834 g/mol. The van der Waals surface area contributed by atoms with Gasteiger partial charge in [0.25, 0.3) is 0 Å². The normalized spacial score (nSPS) is 19.5. The predicted octanol–water partition coefficient (Wildman–Crippen LogP) is 13.3. The number of aromatic nitrogens is 2. The van der Waals surface area contributed by atoms with E-state index < -0.39 is 0 Å². The van der Waals surface area contributed by atoms with Crippen LogP contribution in [0.5, 0.6) is 0 Å². The summed E-state index contributed by atoms with van der Waals surface area (Å²) in [7, 11) is 0. The molecule has 0 saturated heterocycles. The van der Waals surface area contributed by atoms with E-state index in [1.807, 2.05) is 23.9 Å². The van der Waals surface area contributed by atoms with E-state index in [1.54, 1.807) is 0 Å². The largest absolute Gasteiger partial charge is 0.368 e. The highest BCUT2D eigenvalue weighted by Gasteiger charge is 2.57. The Balaban J connectivity index is 0.877. The Morgan fingerprint density at radius 3 is 1.94 bits per heavy atom. The van der Waals surface area contributed by atoms with Crippen LogP contribution in [0.25, 0.3) is 78.7 Å². The molecule has 0 bridgehead atoms. The van der Waals surface area contributed by atoms with Crippen LogP contribution in [0.4, 0.5) is 5.69 Å². The van der Waals surface area contributed by atoms with Crippen LogP contribution >= 0.6 is 11.8 Å². The van der Waals surface area contributed by atoms with Gasteiger partial charge in [0.15, 0.2) is 5.82 Å². The van der Waals surface area contributed by atoms with Gasteiger partial charge in [-0.25, -0.2) is 9.97 Å². The van der Waals surface area contributed by atoms with Crippen molar-refractivity contribution < 1.29 is 0 Å². The van der Waals surface area contributed by atoms with E-state index >= 15 is 0 Å². The number of hydrogen-bond donors (Lipinski definition) is 1. The van der Waals surface area contributed by atoms with E-state index in [9.17, 15) is 0 Å². The zero-order valence-electron chi connectivity index (χ0n) is 34.7. The molecule has 300 valence electrons. The lowest BCUT2D eigenvalue weighted by atomic mass is 9.65. The van der Waals surface area contributed by atoms with Crippen molar-refractivity contribution in [3.05, 3.63) is 238 Å². The Morgan fingerprint density at radius 2 is 1.14 bits per heavy atom. The van der Waals surface area contributed by atoms with Crippen molar-refractivity contribution in [3.8, 4) is 45.0 Å². The molecule has 64 heavy (non-hydrogen) atoms. The molecule has 1 N–H and O–H groups in total. The zero-order valence-corrected chi connectivity index (χ0v) is 35.6. The third-order valence-electron chi connectivity index (χ3n) is 14.4. The number of rotatable bonds is 4. The van der Waals surface area contributed by atoms with Crippen molar-refractivity contribution in [1.29, 1.82) is 0 Å². The molecular weight excluding hydrogens is 795 g/mol. The molecule has 4 atom stereocenters. The van der Waals surface area contributed by atoms with E-state index in [2.05, 4.69) is 206 Å². The van der Waals surface area contributed by atoms with Crippen LogP contribution in [0, 0.1) is 5.92 Å². The lowest BCUT2D eigenvalue weighted by molar-refractivity contribution is 0.499. The van der Waals surface area contributed by atoms with Crippen molar-refractivity contribution in [2.24, 2.45) is 5.92 Å². The molecule has 0 fully saturated rings. The lowest BCUT2D eigenvalue weighted by Crippen LogP contribution is -2.38. The summed E-state index contributed by atoms with van der Waals surface area (Å²) < 4.78 is 0. The Morgan fingerprint density at radius 1 is 0.484 bits per heavy atom. The van der Waals surface area contributed by atoms with Crippen LogP contribution in [0.15, 0.2) is 205 Å². The number of hydrogen-bond acceptors (Lipinski definition) is 4. The van der Waals surface area contributed by atoms with E-state index in [4.69, 9.17) is 9.97 Å². The first-order chi connectivity index (χ1) is 31.7. The fraction of sp³-hybridized carbons (Fsp3) is 0.0667. The standard InChI is InChI=1S/C60H39N3S/c1-3-13-36(14-4-1)53-35-54(37-15-5-2-6-16-37)62-58(61-53)42-25-28-44-41(31-42)24-23-38-27-30-55-57(56(38)44)63-59(64-55)43-26-29-47-45-19-9-11-21-49(45)60(51(47)34-43)50-22-12-10-20-46(50)48-32-39-17-7-8-18-40(39)33-52(48)60/h1-35,48,52,59,63H. The summed E-state index contributed by atoms with van der Waals surface area (Å²) in [5.41, 5.74) is 15.6. The maximum atomic E-state index is 5.15. The molecule has 3 nitrogen and oxygen atoms in total. The van der Waals surface area contributed by atoms with Gasteiger partial charge in [0, 0.05) is 38.8 Å². The summed E-state index contributed by atoms with van der Waals surface area (Å²) in [4.78, 5) is 11.6.